The van der Waals surface area contributed by atoms with Crippen molar-refractivity contribution in [1.29, 1.82) is 0 Å². The molecule has 0 radical (unpaired) electrons. The Bertz CT molecular complexity index is 1050. The summed E-state index contributed by atoms with van der Waals surface area (Å²) in [5.41, 5.74) is 2.97. The maximum Gasteiger partial charge on any atom is 0.243 e. The van der Waals surface area contributed by atoms with Gasteiger partial charge in [-0.2, -0.15) is 4.31 Å². The van der Waals surface area contributed by atoms with E-state index in [0.717, 1.165) is 23.2 Å². The molecule has 1 aliphatic carbocycles. The number of fused-ring (bicyclic) bond motifs is 3. The van der Waals surface area contributed by atoms with Gasteiger partial charge < -0.3 is 10.1 Å². The lowest BCUT2D eigenvalue weighted by Crippen LogP contribution is -2.40. The Morgan fingerprint density at radius 2 is 1.83 bits per heavy atom. The fourth-order valence-electron chi connectivity index (χ4n) is 4.68. The molecule has 2 heterocycles. The van der Waals surface area contributed by atoms with E-state index in [-0.39, 0.29) is 23.7 Å². The average molecular weight is 415 g/mol. The molecule has 152 valence electrons. The van der Waals surface area contributed by atoms with E-state index in [9.17, 15) is 12.8 Å². The van der Waals surface area contributed by atoms with Crippen molar-refractivity contribution in [3.05, 3.63) is 71.6 Å². The molecule has 2 aromatic rings. The quantitative estimate of drug-likeness (QED) is 0.779. The predicted molar refractivity (Wildman–Crippen MR) is 109 cm³/mol. The van der Waals surface area contributed by atoms with Crippen LogP contribution in [0.3, 0.4) is 0 Å². The molecule has 0 saturated carbocycles. The van der Waals surface area contributed by atoms with Crippen molar-refractivity contribution in [3.63, 3.8) is 0 Å². The Kier molecular flexibility index (Phi) is 4.69. The number of hydrogen-bond donors (Lipinski definition) is 1. The molecule has 0 bridgehead atoms. The summed E-state index contributed by atoms with van der Waals surface area (Å²) in [6.07, 6.45) is 5.22. The number of nitrogens with zero attached hydrogens (tertiary/aromatic N) is 1. The summed E-state index contributed by atoms with van der Waals surface area (Å²) in [6, 6.07) is 12.1. The molecule has 0 spiro atoms. The zero-order valence-corrected chi connectivity index (χ0v) is 16.7. The second kappa shape index (κ2) is 7.23. The van der Waals surface area contributed by atoms with Crippen LogP contribution in [0.1, 0.15) is 29.5 Å². The molecule has 7 heteroatoms. The van der Waals surface area contributed by atoms with E-state index in [0.29, 0.717) is 31.2 Å². The highest BCUT2D eigenvalue weighted by atomic mass is 32.2. The summed E-state index contributed by atoms with van der Waals surface area (Å²) in [5.74, 6) is 0.232. The topological polar surface area (TPSA) is 58.6 Å². The number of morpholine rings is 1. The van der Waals surface area contributed by atoms with Gasteiger partial charge in [0.2, 0.25) is 10.0 Å². The van der Waals surface area contributed by atoms with Gasteiger partial charge >= 0.3 is 0 Å². The number of sulfonamides is 1. The fourth-order valence-corrected chi connectivity index (χ4v) is 6.09. The van der Waals surface area contributed by atoms with E-state index >= 15 is 0 Å². The van der Waals surface area contributed by atoms with Gasteiger partial charge in [-0.1, -0.05) is 24.3 Å². The number of nitrogens with one attached hydrogen (secondary N) is 1. The van der Waals surface area contributed by atoms with Gasteiger partial charge in [0.15, 0.2) is 0 Å². The molecule has 2 aliphatic heterocycles. The third kappa shape index (κ3) is 3.27. The van der Waals surface area contributed by atoms with Crippen LogP contribution >= 0.6 is 0 Å². The van der Waals surface area contributed by atoms with Gasteiger partial charge in [-0.3, -0.25) is 0 Å². The van der Waals surface area contributed by atoms with Gasteiger partial charge in [-0.15, -0.1) is 0 Å². The van der Waals surface area contributed by atoms with E-state index in [4.69, 9.17) is 4.74 Å². The third-order valence-electron chi connectivity index (χ3n) is 6.17. The second-order valence-electron chi connectivity index (χ2n) is 7.79. The third-order valence-corrected chi connectivity index (χ3v) is 8.08. The summed E-state index contributed by atoms with van der Waals surface area (Å²) >= 11 is 0. The van der Waals surface area contributed by atoms with Crippen LogP contribution in [0.2, 0.25) is 0 Å². The molecule has 3 aliphatic rings. The lowest BCUT2D eigenvalue weighted by Gasteiger charge is -2.37. The van der Waals surface area contributed by atoms with Crippen molar-refractivity contribution >= 4 is 15.7 Å². The van der Waals surface area contributed by atoms with Crippen molar-refractivity contribution in [1.82, 2.24) is 4.31 Å². The van der Waals surface area contributed by atoms with Crippen molar-refractivity contribution < 1.29 is 17.5 Å². The van der Waals surface area contributed by atoms with Crippen LogP contribution in [0.15, 0.2) is 59.5 Å². The van der Waals surface area contributed by atoms with Crippen LogP contribution in [-0.4, -0.2) is 39.0 Å². The van der Waals surface area contributed by atoms with Gasteiger partial charge in [-0.05, 0) is 53.8 Å². The molecule has 0 unspecified atom stereocenters. The number of halogens is 1. The Hall–Kier alpha value is -2.22. The second-order valence-corrected chi connectivity index (χ2v) is 9.73. The molecular weight excluding hydrogens is 391 g/mol. The number of hydrogen-bond acceptors (Lipinski definition) is 4. The Balaban J connectivity index is 1.44. The number of ether oxygens (including phenoxy) is 1. The van der Waals surface area contributed by atoms with Crippen molar-refractivity contribution in [3.8, 4) is 0 Å². The minimum atomic E-state index is -3.50. The minimum absolute atomic E-state index is 0.0492. The first-order valence-corrected chi connectivity index (χ1v) is 11.4. The largest absolute Gasteiger partial charge is 0.379 e. The molecule has 1 fully saturated rings. The molecule has 0 aromatic heterocycles. The van der Waals surface area contributed by atoms with Crippen LogP contribution in [0.25, 0.3) is 0 Å². The molecule has 1 saturated heterocycles. The molecule has 5 nitrogen and oxygen atoms in total. The molecular formula is C22H23FN2O3S. The Labute approximate surface area is 170 Å². The lowest BCUT2D eigenvalue weighted by molar-refractivity contribution is 0.0730. The summed E-state index contributed by atoms with van der Waals surface area (Å²) < 4.78 is 46.2. The van der Waals surface area contributed by atoms with Crippen LogP contribution < -0.4 is 5.32 Å². The highest BCUT2D eigenvalue weighted by molar-refractivity contribution is 7.89. The molecule has 0 amide bonds. The van der Waals surface area contributed by atoms with Crippen LogP contribution in [-0.2, 0) is 14.8 Å². The smallest absolute Gasteiger partial charge is 0.243 e. The maximum absolute atomic E-state index is 13.8. The van der Waals surface area contributed by atoms with Crippen LogP contribution in [0.5, 0.6) is 0 Å². The highest BCUT2D eigenvalue weighted by Gasteiger charge is 2.38. The normalized spacial score (nSPS) is 26.6. The van der Waals surface area contributed by atoms with E-state index in [1.54, 1.807) is 24.3 Å². The number of benzene rings is 2. The highest BCUT2D eigenvalue weighted by Crippen LogP contribution is 2.49. The Morgan fingerprint density at radius 3 is 2.59 bits per heavy atom. The SMILES string of the molecule is O=S(=O)(c1ccc([C@@H]2Nc3ccc(F)cc3[C@@H]3C=CC[C@@H]32)cc1)N1CCOCC1. The summed E-state index contributed by atoms with van der Waals surface area (Å²) in [4.78, 5) is 0.308. The van der Waals surface area contributed by atoms with Crippen molar-refractivity contribution in [2.75, 3.05) is 31.6 Å². The maximum atomic E-state index is 13.8. The average Bonchev–Trinajstić information content (AvgIpc) is 3.24. The zero-order valence-electron chi connectivity index (χ0n) is 15.9. The molecule has 3 atom stereocenters. The lowest BCUT2D eigenvalue weighted by atomic mass is 9.77. The van der Waals surface area contributed by atoms with Crippen LogP contribution in [0, 0.1) is 11.7 Å². The number of anilines is 1. The molecule has 1 N–H and O–H groups in total. The van der Waals surface area contributed by atoms with E-state index < -0.39 is 10.0 Å². The van der Waals surface area contributed by atoms with E-state index in [1.165, 1.54) is 10.4 Å². The summed E-state index contributed by atoms with van der Waals surface area (Å²) in [6.45, 7) is 1.63. The van der Waals surface area contributed by atoms with Gasteiger partial charge in [0.05, 0.1) is 24.2 Å². The first-order valence-electron chi connectivity index (χ1n) is 9.94. The van der Waals surface area contributed by atoms with Gasteiger partial charge in [-0.25, -0.2) is 12.8 Å². The molecule has 5 rings (SSSR count). The standard InChI is InChI=1S/C22H23FN2O3S/c23-16-6-9-21-20(14-16)18-2-1-3-19(18)22(24-21)15-4-7-17(8-5-15)29(26,27)25-10-12-28-13-11-25/h1-2,4-9,14,18-19,22,24H,3,10-13H2/t18-,19+,22+/m1/s1. The molecule has 2 aromatic carbocycles. The van der Waals surface area contributed by atoms with Gasteiger partial charge in [0, 0.05) is 24.7 Å². The first-order chi connectivity index (χ1) is 14.0. The summed E-state index contributed by atoms with van der Waals surface area (Å²) in [7, 11) is -3.50. The number of allylic oxidation sites excluding steroid dienone is 2. The zero-order chi connectivity index (χ0) is 20.0. The minimum Gasteiger partial charge on any atom is -0.379 e. The van der Waals surface area contributed by atoms with Crippen LogP contribution in [0.4, 0.5) is 10.1 Å². The van der Waals surface area contributed by atoms with Crippen molar-refractivity contribution in [2.24, 2.45) is 5.92 Å². The number of rotatable bonds is 3. The van der Waals surface area contributed by atoms with E-state index in [2.05, 4.69) is 17.5 Å². The van der Waals surface area contributed by atoms with Gasteiger partial charge in [0.1, 0.15) is 5.82 Å². The van der Waals surface area contributed by atoms with Gasteiger partial charge in [0.25, 0.3) is 0 Å². The Morgan fingerprint density at radius 1 is 1.07 bits per heavy atom. The van der Waals surface area contributed by atoms with E-state index in [1.807, 2.05) is 12.1 Å². The monoisotopic (exact) mass is 414 g/mol. The first kappa shape index (κ1) is 18.8. The van der Waals surface area contributed by atoms with Crippen molar-refractivity contribution in [2.45, 2.75) is 23.3 Å². The summed E-state index contributed by atoms with van der Waals surface area (Å²) in [5, 5.41) is 3.55. The fraction of sp³-hybridized carbons (Fsp3) is 0.364. The predicted octanol–water partition coefficient (Wildman–Crippen LogP) is 3.67. The molecule has 29 heavy (non-hydrogen) atoms.